The fourth-order valence-corrected chi connectivity index (χ4v) is 4.05. The third-order valence-corrected chi connectivity index (χ3v) is 5.68. The standard InChI is InChI=1S/C23H32N2O4/c1-17-12-18(4-7-23(17)29-3)14-25-10-9-24(16-20(25)8-11-26)15-19-5-6-21(28-2)13-22(19)27/h4-7,12-13,20,26-27H,8-11,14-16H2,1-3H3/t20-/m1/s1. The summed E-state index contributed by atoms with van der Waals surface area (Å²) in [5.74, 6) is 1.83. The van der Waals surface area contributed by atoms with E-state index in [1.54, 1.807) is 20.3 Å². The Labute approximate surface area is 173 Å². The van der Waals surface area contributed by atoms with Gasteiger partial charge in [-0.2, -0.15) is 0 Å². The molecule has 0 unspecified atom stereocenters. The van der Waals surface area contributed by atoms with Gasteiger partial charge in [0.1, 0.15) is 17.2 Å². The van der Waals surface area contributed by atoms with Crippen molar-refractivity contribution in [1.82, 2.24) is 9.80 Å². The van der Waals surface area contributed by atoms with Gasteiger partial charge in [-0.25, -0.2) is 0 Å². The average Bonchev–Trinajstić information content (AvgIpc) is 2.71. The van der Waals surface area contributed by atoms with Gasteiger partial charge in [0.25, 0.3) is 0 Å². The van der Waals surface area contributed by atoms with Crippen LogP contribution in [0.1, 0.15) is 23.1 Å². The minimum atomic E-state index is 0.171. The Bertz CT molecular complexity index is 811. The van der Waals surface area contributed by atoms with Gasteiger partial charge in [0.2, 0.25) is 0 Å². The van der Waals surface area contributed by atoms with Gasteiger partial charge >= 0.3 is 0 Å². The van der Waals surface area contributed by atoms with Crippen LogP contribution in [0, 0.1) is 6.92 Å². The van der Waals surface area contributed by atoms with Crippen molar-refractivity contribution in [2.75, 3.05) is 40.5 Å². The Hall–Kier alpha value is -2.28. The van der Waals surface area contributed by atoms with E-state index in [1.807, 2.05) is 18.2 Å². The van der Waals surface area contributed by atoms with Crippen LogP contribution in [-0.2, 0) is 13.1 Å². The first-order valence-corrected chi connectivity index (χ1v) is 10.1. The molecule has 0 spiro atoms. The number of aryl methyl sites for hydroxylation is 1. The van der Waals surface area contributed by atoms with Crippen LogP contribution >= 0.6 is 0 Å². The smallest absolute Gasteiger partial charge is 0.123 e. The first kappa shape index (κ1) is 21.4. The lowest BCUT2D eigenvalue weighted by Gasteiger charge is -2.41. The monoisotopic (exact) mass is 400 g/mol. The molecule has 1 aliphatic heterocycles. The number of aliphatic hydroxyl groups excluding tert-OH is 1. The molecule has 1 saturated heterocycles. The summed E-state index contributed by atoms with van der Waals surface area (Å²) >= 11 is 0. The molecule has 6 nitrogen and oxygen atoms in total. The second-order valence-electron chi connectivity index (χ2n) is 7.67. The lowest BCUT2D eigenvalue weighted by molar-refractivity contribution is 0.0496. The van der Waals surface area contributed by atoms with Gasteiger partial charge in [-0.3, -0.25) is 9.80 Å². The molecule has 6 heteroatoms. The third-order valence-electron chi connectivity index (χ3n) is 5.68. The van der Waals surface area contributed by atoms with Gasteiger partial charge in [-0.1, -0.05) is 18.2 Å². The maximum absolute atomic E-state index is 10.3. The molecule has 0 aliphatic carbocycles. The zero-order chi connectivity index (χ0) is 20.8. The first-order valence-electron chi connectivity index (χ1n) is 10.1. The van der Waals surface area contributed by atoms with E-state index in [4.69, 9.17) is 9.47 Å². The van der Waals surface area contributed by atoms with E-state index in [2.05, 4.69) is 28.9 Å². The number of piperazine rings is 1. The van der Waals surface area contributed by atoms with E-state index in [-0.39, 0.29) is 18.4 Å². The van der Waals surface area contributed by atoms with Crippen LogP contribution in [0.4, 0.5) is 0 Å². The largest absolute Gasteiger partial charge is 0.507 e. The summed E-state index contributed by atoms with van der Waals surface area (Å²) < 4.78 is 10.5. The topological polar surface area (TPSA) is 65.4 Å². The number of hydrogen-bond acceptors (Lipinski definition) is 6. The minimum absolute atomic E-state index is 0.171. The lowest BCUT2D eigenvalue weighted by Crippen LogP contribution is -2.52. The van der Waals surface area contributed by atoms with Gasteiger partial charge in [0.05, 0.1) is 14.2 Å². The molecule has 1 atom stereocenters. The van der Waals surface area contributed by atoms with E-state index >= 15 is 0 Å². The van der Waals surface area contributed by atoms with Crippen LogP contribution in [-0.4, -0.2) is 66.5 Å². The molecule has 3 rings (SSSR count). The number of rotatable bonds is 8. The number of phenols is 1. The highest BCUT2D eigenvalue weighted by atomic mass is 16.5. The lowest BCUT2D eigenvalue weighted by atomic mass is 10.0. The Morgan fingerprint density at radius 3 is 2.52 bits per heavy atom. The van der Waals surface area contributed by atoms with Gasteiger partial charge < -0.3 is 19.7 Å². The molecule has 0 saturated carbocycles. The van der Waals surface area contributed by atoms with Crippen LogP contribution in [0.2, 0.25) is 0 Å². The van der Waals surface area contributed by atoms with E-state index in [9.17, 15) is 10.2 Å². The number of nitrogens with zero attached hydrogens (tertiary/aromatic N) is 2. The summed E-state index contributed by atoms with van der Waals surface area (Å²) in [5, 5.41) is 19.8. The highest BCUT2D eigenvalue weighted by Crippen LogP contribution is 2.26. The molecular weight excluding hydrogens is 368 g/mol. The summed E-state index contributed by atoms with van der Waals surface area (Å²) in [7, 11) is 3.29. The van der Waals surface area contributed by atoms with Crippen molar-refractivity contribution in [3.8, 4) is 17.2 Å². The normalized spacial score (nSPS) is 18.0. The van der Waals surface area contributed by atoms with Crippen LogP contribution in [0.15, 0.2) is 36.4 Å². The molecule has 1 heterocycles. The number of aliphatic hydroxyl groups is 1. The third kappa shape index (κ3) is 5.41. The second kappa shape index (κ2) is 9.96. The summed E-state index contributed by atoms with van der Waals surface area (Å²) in [6, 6.07) is 12.0. The van der Waals surface area contributed by atoms with Crippen molar-refractivity contribution in [3.05, 3.63) is 53.1 Å². The zero-order valence-electron chi connectivity index (χ0n) is 17.6. The number of phenolic OH excluding ortho intramolecular Hbond substituents is 1. The number of methoxy groups -OCH3 is 2. The van der Waals surface area contributed by atoms with Crippen LogP contribution in [0.3, 0.4) is 0 Å². The minimum Gasteiger partial charge on any atom is -0.507 e. The summed E-state index contributed by atoms with van der Waals surface area (Å²) in [6.45, 7) is 6.48. The maximum atomic E-state index is 10.3. The average molecular weight is 401 g/mol. The molecule has 1 aliphatic rings. The Kier molecular flexibility index (Phi) is 7.36. The molecule has 0 amide bonds. The highest BCUT2D eigenvalue weighted by Gasteiger charge is 2.27. The van der Waals surface area contributed by atoms with Crippen molar-refractivity contribution >= 4 is 0 Å². The number of hydrogen-bond donors (Lipinski definition) is 2. The molecule has 2 aromatic rings. The summed E-state index contributed by atoms with van der Waals surface area (Å²) in [4.78, 5) is 4.79. The van der Waals surface area contributed by atoms with Crippen LogP contribution < -0.4 is 9.47 Å². The Morgan fingerprint density at radius 1 is 1.03 bits per heavy atom. The fourth-order valence-electron chi connectivity index (χ4n) is 4.05. The molecule has 0 radical (unpaired) electrons. The molecule has 1 fully saturated rings. The van der Waals surface area contributed by atoms with E-state index in [1.165, 1.54) is 5.56 Å². The van der Waals surface area contributed by atoms with E-state index in [0.717, 1.165) is 49.5 Å². The van der Waals surface area contributed by atoms with Gasteiger partial charge in [0.15, 0.2) is 0 Å². The number of benzene rings is 2. The van der Waals surface area contributed by atoms with Crippen molar-refractivity contribution in [3.63, 3.8) is 0 Å². The quantitative estimate of drug-likeness (QED) is 0.710. The van der Waals surface area contributed by atoms with Crippen LogP contribution in [0.5, 0.6) is 17.2 Å². The second-order valence-corrected chi connectivity index (χ2v) is 7.67. The Morgan fingerprint density at radius 2 is 1.86 bits per heavy atom. The SMILES string of the molecule is COc1ccc(CN2CCN(Cc3ccc(OC)c(C)c3)[C@H](CCO)C2)c(O)c1. The summed E-state index contributed by atoms with van der Waals surface area (Å²) in [6.07, 6.45) is 0.736. The number of aromatic hydroxyl groups is 1. The molecule has 0 bridgehead atoms. The number of ether oxygens (including phenoxy) is 2. The van der Waals surface area contributed by atoms with Crippen LogP contribution in [0.25, 0.3) is 0 Å². The zero-order valence-corrected chi connectivity index (χ0v) is 17.6. The van der Waals surface area contributed by atoms with Crippen molar-refractivity contribution in [1.29, 1.82) is 0 Å². The molecule has 0 aromatic heterocycles. The van der Waals surface area contributed by atoms with Crippen molar-refractivity contribution < 1.29 is 19.7 Å². The molecule has 2 aromatic carbocycles. The molecular formula is C23H32N2O4. The van der Waals surface area contributed by atoms with Crippen molar-refractivity contribution in [2.24, 2.45) is 0 Å². The van der Waals surface area contributed by atoms with Gasteiger partial charge in [-0.05, 0) is 36.6 Å². The van der Waals surface area contributed by atoms with Gasteiger partial charge in [0, 0.05) is 57.0 Å². The predicted octanol–water partition coefficient (Wildman–Crippen LogP) is 2.79. The molecule has 158 valence electrons. The molecule has 29 heavy (non-hydrogen) atoms. The Balaban J connectivity index is 1.65. The van der Waals surface area contributed by atoms with E-state index < -0.39 is 0 Å². The van der Waals surface area contributed by atoms with E-state index in [0.29, 0.717) is 12.3 Å². The first-order chi connectivity index (χ1) is 14.0. The predicted molar refractivity (Wildman–Crippen MR) is 114 cm³/mol. The fraction of sp³-hybridized carbons (Fsp3) is 0.478. The highest BCUT2D eigenvalue weighted by molar-refractivity contribution is 5.39. The summed E-state index contributed by atoms with van der Waals surface area (Å²) in [5.41, 5.74) is 3.29. The van der Waals surface area contributed by atoms with Gasteiger partial charge in [-0.15, -0.1) is 0 Å². The molecule has 2 N–H and O–H groups in total. The maximum Gasteiger partial charge on any atom is 0.123 e. The van der Waals surface area contributed by atoms with Crippen molar-refractivity contribution in [2.45, 2.75) is 32.5 Å².